The van der Waals surface area contributed by atoms with Crippen LogP contribution in [-0.2, 0) is 12.8 Å². The molecule has 2 rings (SSSR count). The summed E-state index contributed by atoms with van der Waals surface area (Å²) in [5, 5.41) is 0. The third kappa shape index (κ3) is 4.72. The quantitative estimate of drug-likeness (QED) is 0.799. The van der Waals surface area contributed by atoms with E-state index in [0.29, 0.717) is 11.5 Å². The van der Waals surface area contributed by atoms with Gasteiger partial charge >= 0.3 is 0 Å². The molecular weight excluding hydrogens is 320 g/mol. The second-order valence-electron chi connectivity index (χ2n) is 8.94. The number of carbonyl (C=O) groups excluding carboxylic acids is 1. The highest BCUT2D eigenvalue weighted by Gasteiger charge is 2.25. The number of carbonyl (C=O) groups is 1. The SMILES string of the molecule is Cc1ccc(-c2c(CC(C)(C)C)c(CC(C)C)nc(C)c2C(N)=O)cc1. The van der Waals surface area contributed by atoms with Crippen LogP contribution in [0.2, 0.25) is 0 Å². The summed E-state index contributed by atoms with van der Waals surface area (Å²) in [6.45, 7) is 15.0. The van der Waals surface area contributed by atoms with Crippen LogP contribution >= 0.6 is 0 Å². The van der Waals surface area contributed by atoms with E-state index in [2.05, 4.69) is 65.8 Å². The predicted octanol–water partition coefficient (Wildman–Crippen LogP) is 5.25. The molecule has 0 atom stereocenters. The average Bonchev–Trinajstić information content (AvgIpc) is 2.48. The maximum atomic E-state index is 12.3. The standard InChI is InChI=1S/C23H32N2O/c1-14(2)12-19-18(13-23(5,6)7)21(17-10-8-15(3)9-11-17)20(22(24)26)16(4)25-19/h8-11,14H,12-13H2,1-7H3,(H2,24,26). The minimum atomic E-state index is -0.406. The summed E-state index contributed by atoms with van der Waals surface area (Å²) < 4.78 is 0. The Balaban J connectivity index is 2.86. The van der Waals surface area contributed by atoms with Crippen molar-refractivity contribution in [2.24, 2.45) is 17.1 Å². The van der Waals surface area contributed by atoms with E-state index in [1.165, 1.54) is 5.56 Å². The maximum absolute atomic E-state index is 12.3. The largest absolute Gasteiger partial charge is 0.366 e. The van der Waals surface area contributed by atoms with Gasteiger partial charge in [0, 0.05) is 11.3 Å². The highest BCUT2D eigenvalue weighted by atomic mass is 16.1. The summed E-state index contributed by atoms with van der Waals surface area (Å²) in [7, 11) is 0. The Morgan fingerprint density at radius 1 is 1.12 bits per heavy atom. The van der Waals surface area contributed by atoms with Crippen molar-refractivity contribution in [1.82, 2.24) is 4.98 Å². The zero-order valence-electron chi connectivity index (χ0n) is 17.2. The smallest absolute Gasteiger partial charge is 0.251 e. The van der Waals surface area contributed by atoms with Crippen LogP contribution in [0.5, 0.6) is 0 Å². The molecule has 0 unspecified atom stereocenters. The molecule has 0 radical (unpaired) electrons. The van der Waals surface area contributed by atoms with Crippen LogP contribution in [0.3, 0.4) is 0 Å². The Hall–Kier alpha value is -2.16. The summed E-state index contributed by atoms with van der Waals surface area (Å²) in [6.07, 6.45) is 1.75. The number of nitrogens with zero attached hydrogens (tertiary/aromatic N) is 1. The van der Waals surface area contributed by atoms with Gasteiger partial charge in [-0.15, -0.1) is 0 Å². The van der Waals surface area contributed by atoms with Crippen LogP contribution in [0.4, 0.5) is 0 Å². The van der Waals surface area contributed by atoms with E-state index in [1.54, 1.807) is 0 Å². The maximum Gasteiger partial charge on any atom is 0.251 e. The lowest BCUT2D eigenvalue weighted by molar-refractivity contribution is 0.0999. The number of hydrogen-bond donors (Lipinski definition) is 1. The van der Waals surface area contributed by atoms with Gasteiger partial charge in [-0.25, -0.2) is 0 Å². The van der Waals surface area contributed by atoms with Gasteiger partial charge in [-0.3, -0.25) is 9.78 Å². The Morgan fingerprint density at radius 2 is 1.69 bits per heavy atom. The number of hydrogen-bond acceptors (Lipinski definition) is 2. The first-order chi connectivity index (χ1) is 12.0. The fraction of sp³-hybridized carbons (Fsp3) is 0.478. The van der Waals surface area contributed by atoms with Gasteiger partial charge in [-0.05, 0) is 49.1 Å². The molecule has 0 saturated carbocycles. The van der Waals surface area contributed by atoms with Crippen LogP contribution in [0.15, 0.2) is 24.3 Å². The second-order valence-corrected chi connectivity index (χ2v) is 8.94. The van der Waals surface area contributed by atoms with E-state index in [0.717, 1.165) is 40.9 Å². The Bertz CT molecular complexity index is 796. The molecule has 1 amide bonds. The van der Waals surface area contributed by atoms with E-state index in [-0.39, 0.29) is 5.41 Å². The first-order valence-corrected chi connectivity index (χ1v) is 9.38. The average molecular weight is 353 g/mol. The number of pyridine rings is 1. The first kappa shape index (κ1) is 20.2. The van der Waals surface area contributed by atoms with E-state index >= 15 is 0 Å². The number of aryl methyl sites for hydroxylation is 2. The van der Waals surface area contributed by atoms with Crippen LogP contribution in [0.1, 0.15) is 67.5 Å². The van der Waals surface area contributed by atoms with Gasteiger partial charge in [0.15, 0.2) is 0 Å². The molecule has 26 heavy (non-hydrogen) atoms. The minimum absolute atomic E-state index is 0.0804. The van der Waals surface area contributed by atoms with E-state index in [4.69, 9.17) is 10.7 Å². The molecule has 3 nitrogen and oxygen atoms in total. The Kier molecular flexibility index (Phi) is 5.90. The van der Waals surface area contributed by atoms with E-state index in [9.17, 15) is 4.79 Å². The van der Waals surface area contributed by atoms with Gasteiger partial charge < -0.3 is 5.73 Å². The van der Waals surface area contributed by atoms with Gasteiger partial charge in [-0.1, -0.05) is 64.4 Å². The monoisotopic (exact) mass is 352 g/mol. The molecule has 0 aliphatic heterocycles. The minimum Gasteiger partial charge on any atom is -0.366 e. The van der Waals surface area contributed by atoms with Crippen molar-refractivity contribution in [3.8, 4) is 11.1 Å². The van der Waals surface area contributed by atoms with Crippen molar-refractivity contribution in [3.63, 3.8) is 0 Å². The number of rotatable bonds is 5. The van der Waals surface area contributed by atoms with Gasteiger partial charge in [0.05, 0.1) is 11.3 Å². The van der Waals surface area contributed by atoms with Gasteiger partial charge in [0.25, 0.3) is 5.91 Å². The van der Waals surface area contributed by atoms with Crippen LogP contribution in [0, 0.1) is 25.2 Å². The van der Waals surface area contributed by atoms with Crippen molar-refractivity contribution in [1.29, 1.82) is 0 Å². The molecule has 0 saturated heterocycles. The fourth-order valence-electron chi connectivity index (χ4n) is 3.42. The van der Waals surface area contributed by atoms with Gasteiger partial charge in [-0.2, -0.15) is 0 Å². The second kappa shape index (κ2) is 7.61. The van der Waals surface area contributed by atoms with Crippen LogP contribution in [0.25, 0.3) is 11.1 Å². The molecule has 0 aliphatic rings. The van der Waals surface area contributed by atoms with Gasteiger partial charge in [0.1, 0.15) is 0 Å². The molecule has 1 aromatic heterocycles. The molecule has 0 fully saturated rings. The number of benzene rings is 1. The molecule has 1 heterocycles. The van der Waals surface area contributed by atoms with Crippen molar-refractivity contribution in [3.05, 3.63) is 52.3 Å². The highest BCUT2D eigenvalue weighted by Crippen LogP contribution is 2.36. The normalized spacial score (nSPS) is 11.8. The van der Waals surface area contributed by atoms with Crippen molar-refractivity contribution in [2.75, 3.05) is 0 Å². The lowest BCUT2D eigenvalue weighted by atomic mass is 9.81. The zero-order chi connectivity index (χ0) is 19.6. The molecule has 2 aromatic rings. The highest BCUT2D eigenvalue weighted by molar-refractivity contribution is 6.01. The summed E-state index contributed by atoms with van der Waals surface area (Å²) in [4.78, 5) is 17.1. The third-order valence-electron chi connectivity index (χ3n) is 4.46. The van der Waals surface area contributed by atoms with Crippen molar-refractivity contribution < 1.29 is 4.79 Å². The topological polar surface area (TPSA) is 56.0 Å². The number of primary amides is 1. The number of aromatic nitrogens is 1. The van der Waals surface area contributed by atoms with Crippen molar-refractivity contribution in [2.45, 2.75) is 61.3 Å². The number of nitrogens with two attached hydrogens (primary N) is 1. The van der Waals surface area contributed by atoms with E-state index < -0.39 is 5.91 Å². The van der Waals surface area contributed by atoms with E-state index in [1.807, 2.05) is 6.92 Å². The zero-order valence-corrected chi connectivity index (χ0v) is 17.2. The molecule has 3 heteroatoms. The predicted molar refractivity (Wildman–Crippen MR) is 109 cm³/mol. The number of amides is 1. The molecule has 1 aromatic carbocycles. The fourth-order valence-corrected chi connectivity index (χ4v) is 3.42. The molecule has 0 spiro atoms. The molecule has 140 valence electrons. The molecule has 2 N–H and O–H groups in total. The Morgan fingerprint density at radius 3 is 2.15 bits per heavy atom. The van der Waals surface area contributed by atoms with Crippen LogP contribution < -0.4 is 5.73 Å². The summed E-state index contributed by atoms with van der Waals surface area (Å²) in [5.41, 5.74) is 12.6. The molecule has 0 bridgehead atoms. The lowest BCUT2D eigenvalue weighted by Gasteiger charge is -2.26. The molecule has 0 aliphatic carbocycles. The first-order valence-electron chi connectivity index (χ1n) is 9.38. The van der Waals surface area contributed by atoms with Crippen molar-refractivity contribution >= 4 is 5.91 Å². The van der Waals surface area contributed by atoms with Gasteiger partial charge in [0.2, 0.25) is 0 Å². The summed E-state index contributed by atoms with van der Waals surface area (Å²) >= 11 is 0. The molecular formula is C23H32N2O. The summed E-state index contributed by atoms with van der Waals surface area (Å²) in [5.74, 6) is 0.0859. The third-order valence-corrected chi connectivity index (χ3v) is 4.46. The lowest BCUT2D eigenvalue weighted by Crippen LogP contribution is -2.21. The van der Waals surface area contributed by atoms with Crippen LogP contribution in [-0.4, -0.2) is 10.9 Å². The Labute approximate surface area is 158 Å². The summed E-state index contributed by atoms with van der Waals surface area (Å²) in [6, 6.07) is 8.33.